The van der Waals surface area contributed by atoms with Crippen LogP contribution in [0.4, 0.5) is 0 Å². The van der Waals surface area contributed by atoms with Crippen LogP contribution in [0.3, 0.4) is 0 Å². The Morgan fingerprint density at radius 2 is 2.00 bits per heavy atom. The third-order valence-electron chi connectivity index (χ3n) is 4.31. The van der Waals surface area contributed by atoms with Crippen molar-refractivity contribution in [2.24, 2.45) is 5.41 Å². The van der Waals surface area contributed by atoms with Crippen LogP contribution < -0.4 is 10.6 Å². The van der Waals surface area contributed by atoms with Crippen LogP contribution in [0.1, 0.15) is 44.3 Å². The minimum Gasteiger partial charge on any atom is -0.384 e. The van der Waals surface area contributed by atoms with Crippen LogP contribution in [0.5, 0.6) is 0 Å². The molecule has 0 bridgehead atoms. The lowest BCUT2D eigenvalue weighted by atomic mass is 9.79. The van der Waals surface area contributed by atoms with E-state index >= 15 is 0 Å². The summed E-state index contributed by atoms with van der Waals surface area (Å²) in [4.78, 5) is 16.9. The summed E-state index contributed by atoms with van der Waals surface area (Å²) in [6.45, 7) is 9.77. The molecular weight excluding hydrogens is 381 g/mol. The van der Waals surface area contributed by atoms with Crippen LogP contribution >= 0.6 is 36.2 Å². The summed E-state index contributed by atoms with van der Waals surface area (Å²) in [5.74, 6) is 0.0461. The summed E-state index contributed by atoms with van der Waals surface area (Å²) >= 11 is 1.63. The number of nitrogens with zero attached hydrogens (tertiary/aromatic N) is 1. The van der Waals surface area contributed by atoms with Gasteiger partial charge in [0.2, 0.25) is 5.91 Å². The topological polar surface area (TPSA) is 63.2 Å². The number of amides is 1. The number of piperidine rings is 1. The number of aromatic nitrogens is 1. The lowest BCUT2D eigenvalue weighted by Gasteiger charge is -2.37. The highest BCUT2D eigenvalue weighted by Crippen LogP contribution is 2.28. The van der Waals surface area contributed by atoms with Crippen molar-refractivity contribution in [3.63, 3.8) is 0 Å². The number of methoxy groups -OCH3 is 1. The molecule has 1 amide bonds. The van der Waals surface area contributed by atoms with E-state index in [9.17, 15) is 4.79 Å². The highest BCUT2D eigenvalue weighted by Gasteiger charge is 2.32. The van der Waals surface area contributed by atoms with Crippen LogP contribution in [0.2, 0.25) is 0 Å². The van der Waals surface area contributed by atoms with Crippen LogP contribution in [-0.4, -0.2) is 44.2 Å². The van der Waals surface area contributed by atoms with E-state index in [4.69, 9.17) is 4.74 Å². The van der Waals surface area contributed by atoms with Crippen molar-refractivity contribution >= 4 is 42.1 Å². The van der Waals surface area contributed by atoms with Gasteiger partial charge in [0.1, 0.15) is 0 Å². The molecule has 0 unspecified atom stereocenters. The summed E-state index contributed by atoms with van der Waals surface area (Å²) in [5, 5.41) is 9.53. The van der Waals surface area contributed by atoms with Crippen LogP contribution in [-0.2, 0) is 21.4 Å². The first kappa shape index (κ1) is 24.6. The standard InChI is InChI=1S/C17H29N3O2S.2ClH/c1-16(2,3)15-20-13(10-23-15)9-14(21)19-11-17(12-22-4)5-7-18-8-6-17;;/h10,18H,5-9,11-12H2,1-4H3,(H,19,21);2*1H. The first-order valence-corrected chi connectivity index (χ1v) is 9.14. The second kappa shape index (κ2) is 10.7. The molecule has 1 saturated heterocycles. The van der Waals surface area contributed by atoms with Crippen LogP contribution in [0, 0.1) is 5.41 Å². The Balaban J connectivity index is 0.00000288. The molecular formula is C17H31Cl2N3O2S. The maximum atomic E-state index is 12.3. The maximum absolute atomic E-state index is 12.3. The van der Waals surface area contributed by atoms with Crippen molar-refractivity contribution in [2.75, 3.05) is 33.4 Å². The van der Waals surface area contributed by atoms with Gasteiger partial charge in [0.25, 0.3) is 0 Å². The Hall–Kier alpha value is -0.400. The molecule has 5 nitrogen and oxygen atoms in total. The molecule has 1 aliphatic heterocycles. The fraction of sp³-hybridized carbons (Fsp3) is 0.765. The van der Waals surface area contributed by atoms with Gasteiger partial charge in [-0.3, -0.25) is 4.79 Å². The van der Waals surface area contributed by atoms with E-state index in [0.717, 1.165) is 36.6 Å². The molecule has 0 saturated carbocycles. The van der Waals surface area contributed by atoms with Gasteiger partial charge in [0.05, 0.1) is 23.7 Å². The molecule has 0 spiro atoms. The average Bonchev–Trinajstić information content (AvgIpc) is 2.95. The minimum absolute atomic E-state index is 0. The number of hydrogen-bond acceptors (Lipinski definition) is 5. The number of carbonyl (C=O) groups excluding carboxylic acids is 1. The summed E-state index contributed by atoms with van der Waals surface area (Å²) < 4.78 is 5.39. The van der Waals surface area contributed by atoms with Gasteiger partial charge < -0.3 is 15.4 Å². The van der Waals surface area contributed by atoms with E-state index in [-0.39, 0.29) is 41.6 Å². The number of thiazole rings is 1. The molecule has 146 valence electrons. The first-order chi connectivity index (χ1) is 10.8. The molecule has 25 heavy (non-hydrogen) atoms. The molecule has 2 heterocycles. The number of carbonyl (C=O) groups is 1. The van der Waals surface area contributed by atoms with Crippen LogP contribution in [0.25, 0.3) is 0 Å². The predicted molar refractivity (Wildman–Crippen MR) is 108 cm³/mol. The van der Waals surface area contributed by atoms with Crippen molar-refractivity contribution < 1.29 is 9.53 Å². The monoisotopic (exact) mass is 411 g/mol. The van der Waals surface area contributed by atoms with Gasteiger partial charge in [-0.2, -0.15) is 0 Å². The third kappa shape index (κ3) is 7.39. The van der Waals surface area contributed by atoms with Gasteiger partial charge >= 0.3 is 0 Å². The number of ether oxygens (including phenoxy) is 1. The molecule has 1 aromatic rings. The third-order valence-corrected chi connectivity index (χ3v) is 5.63. The highest BCUT2D eigenvalue weighted by molar-refractivity contribution is 7.09. The van der Waals surface area contributed by atoms with Gasteiger partial charge in [-0.25, -0.2) is 4.98 Å². The van der Waals surface area contributed by atoms with E-state index in [1.54, 1.807) is 18.4 Å². The maximum Gasteiger partial charge on any atom is 0.226 e. The fourth-order valence-electron chi connectivity index (χ4n) is 2.88. The van der Waals surface area contributed by atoms with Crippen LogP contribution in [0.15, 0.2) is 5.38 Å². The summed E-state index contributed by atoms with van der Waals surface area (Å²) in [7, 11) is 1.73. The quantitative estimate of drug-likeness (QED) is 0.754. The molecule has 0 aromatic carbocycles. The molecule has 1 aromatic heterocycles. The lowest BCUT2D eigenvalue weighted by Crippen LogP contribution is -2.47. The smallest absolute Gasteiger partial charge is 0.226 e. The van der Waals surface area contributed by atoms with E-state index in [0.29, 0.717) is 19.6 Å². The first-order valence-electron chi connectivity index (χ1n) is 8.26. The lowest BCUT2D eigenvalue weighted by molar-refractivity contribution is -0.121. The average molecular weight is 412 g/mol. The number of nitrogens with one attached hydrogen (secondary N) is 2. The normalized spacial score (nSPS) is 16.5. The zero-order valence-electron chi connectivity index (χ0n) is 15.5. The Morgan fingerprint density at radius 1 is 1.36 bits per heavy atom. The number of hydrogen-bond donors (Lipinski definition) is 2. The predicted octanol–water partition coefficient (Wildman–Crippen LogP) is 2.96. The van der Waals surface area contributed by atoms with Gasteiger partial charge in [0, 0.05) is 29.9 Å². The SMILES string of the molecule is COCC1(CNC(=O)Cc2csc(C(C)(C)C)n2)CCNCC1.Cl.Cl. The Labute approximate surface area is 167 Å². The zero-order chi connectivity index (χ0) is 16.9. The van der Waals surface area contributed by atoms with E-state index in [2.05, 4.69) is 36.4 Å². The van der Waals surface area contributed by atoms with Crippen molar-refractivity contribution in [3.05, 3.63) is 16.1 Å². The fourth-order valence-corrected chi connectivity index (χ4v) is 3.79. The number of halogens is 2. The highest BCUT2D eigenvalue weighted by atomic mass is 35.5. The van der Waals surface area contributed by atoms with Gasteiger partial charge in [-0.1, -0.05) is 20.8 Å². The minimum atomic E-state index is 0. The molecule has 0 atom stereocenters. The van der Waals surface area contributed by atoms with E-state index < -0.39 is 0 Å². The van der Waals surface area contributed by atoms with Crippen molar-refractivity contribution in [2.45, 2.75) is 45.4 Å². The Morgan fingerprint density at radius 3 is 2.52 bits per heavy atom. The molecule has 8 heteroatoms. The second-order valence-corrected chi connectivity index (χ2v) is 8.39. The van der Waals surface area contributed by atoms with Crippen molar-refractivity contribution in [1.82, 2.24) is 15.6 Å². The van der Waals surface area contributed by atoms with Crippen molar-refractivity contribution in [1.29, 1.82) is 0 Å². The number of rotatable bonds is 6. The Bertz CT molecular complexity index is 521. The molecule has 0 radical (unpaired) electrons. The largest absolute Gasteiger partial charge is 0.384 e. The Kier molecular flexibility index (Phi) is 10.5. The van der Waals surface area contributed by atoms with Gasteiger partial charge in [-0.05, 0) is 25.9 Å². The summed E-state index contributed by atoms with van der Waals surface area (Å²) in [6.07, 6.45) is 2.42. The van der Waals surface area contributed by atoms with Crippen molar-refractivity contribution in [3.8, 4) is 0 Å². The summed E-state index contributed by atoms with van der Waals surface area (Å²) in [5.41, 5.74) is 0.967. The second-order valence-electron chi connectivity index (χ2n) is 7.53. The summed E-state index contributed by atoms with van der Waals surface area (Å²) in [6, 6.07) is 0. The van der Waals surface area contributed by atoms with Gasteiger partial charge in [-0.15, -0.1) is 36.2 Å². The van der Waals surface area contributed by atoms with E-state index in [1.165, 1.54) is 0 Å². The van der Waals surface area contributed by atoms with Gasteiger partial charge in [0.15, 0.2) is 0 Å². The van der Waals surface area contributed by atoms with E-state index in [1.807, 2.05) is 5.38 Å². The molecule has 0 aliphatic carbocycles. The molecule has 2 N–H and O–H groups in total. The zero-order valence-corrected chi connectivity index (χ0v) is 18.0. The molecule has 1 aliphatic rings. The molecule has 1 fully saturated rings. The molecule has 2 rings (SSSR count).